The summed E-state index contributed by atoms with van der Waals surface area (Å²) in [5, 5.41) is 0. The Morgan fingerprint density at radius 2 is 2.00 bits per heavy atom. The van der Waals surface area contributed by atoms with Crippen LogP contribution in [0.1, 0.15) is 45.4 Å². The second kappa shape index (κ2) is 3.69. The van der Waals surface area contributed by atoms with Gasteiger partial charge in [-0.3, -0.25) is 4.79 Å². The van der Waals surface area contributed by atoms with Crippen molar-refractivity contribution in [2.45, 2.75) is 51.6 Å². The first-order chi connectivity index (χ1) is 6.33. The lowest BCUT2D eigenvalue weighted by atomic mass is 9.77. The van der Waals surface area contributed by atoms with Crippen LogP contribution in [0.25, 0.3) is 0 Å². The maximum Gasteiger partial charge on any atom is 0.313 e. The van der Waals surface area contributed by atoms with Crippen molar-refractivity contribution in [3.63, 3.8) is 0 Å². The van der Waals surface area contributed by atoms with Crippen LogP contribution in [0, 0.1) is 11.8 Å². The van der Waals surface area contributed by atoms with E-state index < -0.39 is 0 Å². The lowest BCUT2D eigenvalue weighted by Gasteiger charge is -2.41. The van der Waals surface area contributed by atoms with Gasteiger partial charge in [0.05, 0.1) is 5.92 Å². The summed E-state index contributed by atoms with van der Waals surface area (Å²) in [4.78, 5) is 11.1. The largest absolute Gasteiger partial charge is 0.461 e. The lowest BCUT2D eigenvalue weighted by molar-refractivity contribution is -0.193. The Kier molecular flexibility index (Phi) is 2.56. The highest BCUT2D eigenvalue weighted by Gasteiger charge is 2.45. The molecule has 0 unspecified atom stereocenters. The monoisotopic (exact) mass is 182 g/mol. The summed E-state index contributed by atoms with van der Waals surface area (Å²) in [6.45, 7) is 2.08. The molecule has 0 aromatic heterocycles. The van der Waals surface area contributed by atoms with Crippen LogP contribution in [-0.2, 0) is 9.53 Å². The Morgan fingerprint density at radius 3 is 2.54 bits per heavy atom. The number of hydrogen-bond acceptors (Lipinski definition) is 2. The van der Waals surface area contributed by atoms with Crippen molar-refractivity contribution >= 4 is 5.97 Å². The molecule has 74 valence electrons. The summed E-state index contributed by atoms with van der Waals surface area (Å²) in [7, 11) is 0. The van der Waals surface area contributed by atoms with Crippen molar-refractivity contribution in [3.05, 3.63) is 0 Å². The molecule has 0 radical (unpaired) electrons. The normalized spacial score (nSPS) is 35.3. The van der Waals surface area contributed by atoms with E-state index in [2.05, 4.69) is 6.92 Å². The molecule has 2 rings (SSSR count). The van der Waals surface area contributed by atoms with Gasteiger partial charge in [-0.25, -0.2) is 0 Å². The highest BCUT2D eigenvalue weighted by molar-refractivity contribution is 5.78. The molecule has 2 heteroatoms. The standard InChI is InChI=1S/C11H18O2/c1-2-9-10(13-11(9)12)8-6-4-3-5-7-8/h8-10H,2-7H2,1H3/t9-,10-/m0/s1. The van der Waals surface area contributed by atoms with Gasteiger partial charge in [-0.2, -0.15) is 0 Å². The van der Waals surface area contributed by atoms with E-state index in [1.54, 1.807) is 0 Å². The van der Waals surface area contributed by atoms with Crippen molar-refractivity contribution in [3.8, 4) is 0 Å². The SMILES string of the molecule is CC[C@@H]1C(=O)O[C@H]1C1CCCCC1. The van der Waals surface area contributed by atoms with E-state index in [4.69, 9.17) is 4.74 Å². The second-order valence-electron chi connectivity index (χ2n) is 4.31. The van der Waals surface area contributed by atoms with E-state index in [1.807, 2.05) is 0 Å². The van der Waals surface area contributed by atoms with Gasteiger partial charge in [0.25, 0.3) is 0 Å². The minimum absolute atomic E-state index is 0.0399. The fourth-order valence-electron chi connectivity index (χ4n) is 2.65. The van der Waals surface area contributed by atoms with Crippen molar-refractivity contribution < 1.29 is 9.53 Å². The average molecular weight is 182 g/mol. The number of carbonyl (C=O) groups is 1. The third-order valence-electron chi connectivity index (χ3n) is 3.51. The zero-order valence-corrected chi connectivity index (χ0v) is 8.29. The van der Waals surface area contributed by atoms with Gasteiger partial charge in [-0.1, -0.05) is 26.2 Å². The van der Waals surface area contributed by atoms with Gasteiger partial charge in [0, 0.05) is 0 Å². The van der Waals surface area contributed by atoms with E-state index in [1.165, 1.54) is 32.1 Å². The average Bonchev–Trinajstić information content (AvgIpc) is 2.16. The van der Waals surface area contributed by atoms with Crippen molar-refractivity contribution in [1.29, 1.82) is 0 Å². The smallest absolute Gasteiger partial charge is 0.313 e. The highest BCUT2D eigenvalue weighted by Crippen LogP contribution is 2.38. The fourth-order valence-corrected chi connectivity index (χ4v) is 2.65. The molecule has 0 N–H and O–H groups in total. The first-order valence-electron chi connectivity index (χ1n) is 5.53. The van der Waals surface area contributed by atoms with Gasteiger partial charge in [-0.05, 0) is 25.2 Å². The van der Waals surface area contributed by atoms with Gasteiger partial charge >= 0.3 is 5.97 Å². The minimum atomic E-state index is 0.0399. The molecule has 0 bridgehead atoms. The predicted octanol–water partition coefficient (Wildman–Crippen LogP) is 2.52. The van der Waals surface area contributed by atoms with Gasteiger partial charge < -0.3 is 4.74 Å². The molecule has 0 amide bonds. The zero-order chi connectivity index (χ0) is 9.26. The maximum atomic E-state index is 11.1. The molecule has 1 heterocycles. The Bertz CT molecular complexity index is 194. The van der Waals surface area contributed by atoms with Crippen LogP contribution in [0.2, 0.25) is 0 Å². The van der Waals surface area contributed by atoms with E-state index in [0.717, 1.165) is 6.42 Å². The van der Waals surface area contributed by atoms with Crippen LogP contribution in [0.3, 0.4) is 0 Å². The van der Waals surface area contributed by atoms with E-state index in [9.17, 15) is 4.79 Å². The molecule has 2 fully saturated rings. The molecule has 1 saturated carbocycles. The number of cyclic esters (lactones) is 1. The summed E-state index contributed by atoms with van der Waals surface area (Å²) >= 11 is 0. The Labute approximate surface area is 79.7 Å². The number of ether oxygens (including phenoxy) is 1. The van der Waals surface area contributed by atoms with Crippen molar-refractivity contribution in [2.24, 2.45) is 11.8 Å². The molecule has 1 saturated heterocycles. The summed E-state index contributed by atoms with van der Waals surface area (Å²) in [5.74, 6) is 0.942. The summed E-state index contributed by atoms with van der Waals surface area (Å²) in [5.41, 5.74) is 0. The van der Waals surface area contributed by atoms with Gasteiger partial charge in [0.1, 0.15) is 6.10 Å². The maximum absolute atomic E-state index is 11.1. The summed E-state index contributed by atoms with van der Waals surface area (Å²) in [6.07, 6.45) is 7.80. The van der Waals surface area contributed by atoms with Crippen LogP contribution in [0.15, 0.2) is 0 Å². The summed E-state index contributed by atoms with van der Waals surface area (Å²) in [6, 6.07) is 0. The van der Waals surface area contributed by atoms with E-state index >= 15 is 0 Å². The van der Waals surface area contributed by atoms with E-state index in [-0.39, 0.29) is 18.0 Å². The highest BCUT2D eigenvalue weighted by atomic mass is 16.6. The Hall–Kier alpha value is -0.530. The zero-order valence-electron chi connectivity index (χ0n) is 8.29. The third kappa shape index (κ3) is 1.59. The summed E-state index contributed by atoms with van der Waals surface area (Å²) < 4.78 is 5.24. The van der Waals surface area contributed by atoms with Crippen LogP contribution in [0.4, 0.5) is 0 Å². The molecule has 0 aromatic rings. The van der Waals surface area contributed by atoms with Crippen LogP contribution in [0.5, 0.6) is 0 Å². The molecule has 1 aliphatic heterocycles. The van der Waals surface area contributed by atoms with Crippen LogP contribution < -0.4 is 0 Å². The molecular formula is C11H18O2. The van der Waals surface area contributed by atoms with Gasteiger partial charge in [-0.15, -0.1) is 0 Å². The molecule has 13 heavy (non-hydrogen) atoms. The molecule has 2 aliphatic rings. The third-order valence-corrected chi connectivity index (χ3v) is 3.51. The minimum Gasteiger partial charge on any atom is -0.461 e. The quantitative estimate of drug-likeness (QED) is 0.613. The first-order valence-corrected chi connectivity index (χ1v) is 5.53. The number of esters is 1. The predicted molar refractivity (Wildman–Crippen MR) is 50.2 cm³/mol. The van der Waals surface area contributed by atoms with Crippen molar-refractivity contribution in [1.82, 2.24) is 0 Å². The van der Waals surface area contributed by atoms with Crippen LogP contribution >= 0.6 is 0 Å². The van der Waals surface area contributed by atoms with Crippen molar-refractivity contribution in [2.75, 3.05) is 0 Å². The van der Waals surface area contributed by atoms with E-state index in [0.29, 0.717) is 5.92 Å². The molecule has 0 spiro atoms. The molecule has 2 atom stereocenters. The Morgan fingerprint density at radius 1 is 1.31 bits per heavy atom. The number of carbonyl (C=O) groups excluding carboxylic acids is 1. The van der Waals surface area contributed by atoms with Crippen LogP contribution in [-0.4, -0.2) is 12.1 Å². The molecule has 2 nitrogen and oxygen atoms in total. The van der Waals surface area contributed by atoms with Gasteiger partial charge in [0.15, 0.2) is 0 Å². The topological polar surface area (TPSA) is 26.3 Å². The molecule has 0 aromatic carbocycles. The second-order valence-corrected chi connectivity index (χ2v) is 4.31. The Balaban J connectivity index is 1.89. The van der Waals surface area contributed by atoms with Gasteiger partial charge in [0.2, 0.25) is 0 Å². The fraction of sp³-hybridized carbons (Fsp3) is 0.909. The molecule has 1 aliphatic carbocycles. The number of rotatable bonds is 2. The molecular weight excluding hydrogens is 164 g/mol. The first kappa shape index (κ1) is 9.04. The lowest BCUT2D eigenvalue weighted by Crippen LogP contribution is -2.49. The number of hydrogen-bond donors (Lipinski definition) is 0.